The zero-order valence-electron chi connectivity index (χ0n) is 12.1. The highest BCUT2D eigenvalue weighted by Gasteiger charge is 2.33. The van der Waals surface area contributed by atoms with Gasteiger partial charge in [-0.3, -0.25) is 4.98 Å². The van der Waals surface area contributed by atoms with Crippen molar-refractivity contribution in [3.05, 3.63) is 59.5 Å². The van der Waals surface area contributed by atoms with E-state index in [0.29, 0.717) is 18.4 Å². The van der Waals surface area contributed by atoms with Crippen molar-refractivity contribution in [2.45, 2.75) is 19.4 Å². The van der Waals surface area contributed by atoms with Gasteiger partial charge in [0, 0.05) is 35.6 Å². The second-order valence-corrected chi connectivity index (χ2v) is 5.72. The number of ether oxygens (including phenoxy) is 1. The highest BCUT2D eigenvalue weighted by Crippen LogP contribution is 2.50. The number of hydrogen-bond acceptors (Lipinski definition) is 4. The van der Waals surface area contributed by atoms with Crippen LogP contribution in [0, 0.1) is 0 Å². The average molecular weight is 287 g/mol. The van der Waals surface area contributed by atoms with Crippen LogP contribution in [0.4, 0.5) is 0 Å². The summed E-state index contributed by atoms with van der Waals surface area (Å²) in [5.74, 6) is 0.932. The lowest BCUT2D eigenvalue weighted by atomic mass is 9.89. The molecule has 22 heavy (non-hydrogen) atoms. The Labute approximate surface area is 127 Å². The van der Waals surface area contributed by atoms with Gasteiger partial charge >= 0.3 is 0 Å². The fourth-order valence-electron chi connectivity index (χ4n) is 3.62. The molecular formula is C18H13N3O. The molecule has 0 fully saturated rings. The molecule has 1 aliphatic heterocycles. The quantitative estimate of drug-likeness (QED) is 0.634. The third-order valence-corrected chi connectivity index (χ3v) is 4.59. The van der Waals surface area contributed by atoms with Gasteiger partial charge in [-0.2, -0.15) is 0 Å². The van der Waals surface area contributed by atoms with Crippen molar-refractivity contribution < 1.29 is 4.74 Å². The van der Waals surface area contributed by atoms with E-state index in [4.69, 9.17) is 4.74 Å². The summed E-state index contributed by atoms with van der Waals surface area (Å²) in [5.41, 5.74) is 8.08. The zero-order valence-corrected chi connectivity index (χ0v) is 12.1. The Bertz CT molecular complexity index is 920. The van der Waals surface area contributed by atoms with Crippen molar-refractivity contribution in [1.29, 1.82) is 0 Å². The molecule has 4 heteroatoms. The van der Waals surface area contributed by atoms with Gasteiger partial charge in [-0.15, -0.1) is 0 Å². The van der Waals surface area contributed by atoms with Crippen molar-refractivity contribution in [3.8, 4) is 28.4 Å². The van der Waals surface area contributed by atoms with Gasteiger partial charge < -0.3 is 4.74 Å². The van der Waals surface area contributed by atoms with Gasteiger partial charge in [0.05, 0.1) is 5.69 Å². The molecule has 3 aromatic rings. The van der Waals surface area contributed by atoms with Crippen LogP contribution >= 0.6 is 0 Å². The van der Waals surface area contributed by atoms with Crippen LogP contribution in [0.25, 0.3) is 22.5 Å². The molecule has 0 N–H and O–H groups in total. The molecule has 1 aliphatic carbocycles. The normalized spacial score (nSPS) is 17.0. The first kappa shape index (κ1) is 11.9. The summed E-state index contributed by atoms with van der Waals surface area (Å²) >= 11 is 0. The van der Waals surface area contributed by atoms with Crippen molar-refractivity contribution in [1.82, 2.24) is 15.0 Å². The first-order chi connectivity index (χ1) is 10.8. The Morgan fingerprint density at radius 2 is 1.86 bits per heavy atom. The summed E-state index contributed by atoms with van der Waals surface area (Å²) in [6.07, 6.45) is 5.26. The molecule has 2 aromatic heterocycles. The van der Waals surface area contributed by atoms with Crippen LogP contribution in [-0.4, -0.2) is 15.0 Å². The van der Waals surface area contributed by atoms with Gasteiger partial charge in [0.2, 0.25) is 5.88 Å². The summed E-state index contributed by atoms with van der Waals surface area (Å²) in [5, 5.41) is 0. The number of fused-ring (bicyclic) bond motifs is 7. The number of aromatic nitrogens is 3. The predicted molar refractivity (Wildman–Crippen MR) is 82.5 cm³/mol. The van der Waals surface area contributed by atoms with Crippen LogP contribution < -0.4 is 4.74 Å². The van der Waals surface area contributed by atoms with Crippen LogP contribution in [0.3, 0.4) is 0 Å². The maximum absolute atomic E-state index is 5.73. The number of pyridine rings is 1. The van der Waals surface area contributed by atoms with Gasteiger partial charge in [-0.05, 0) is 22.8 Å². The molecule has 106 valence electrons. The van der Waals surface area contributed by atoms with E-state index >= 15 is 0 Å². The molecule has 0 radical (unpaired) electrons. The summed E-state index contributed by atoms with van der Waals surface area (Å²) in [4.78, 5) is 13.4. The van der Waals surface area contributed by atoms with Gasteiger partial charge in [-0.25, -0.2) is 9.97 Å². The molecule has 1 unspecified atom stereocenters. The highest BCUT2D eigenvalue weighted by molar-refractivity contribution is 5.87. The standard InChI is InChI=1S/C18H13N3O/c1-10-12-3-2-6-19-16(12)13-5-4-11-9-22-18-17(15(11)14(10)13)20-7-8-21-18/h2-8,10H,9H2,1H3. The maximum Gasteiger partial charge on any atom is 0.240 e. The monoisotopic (exact) mass is 287 g/mol. The average Bonchev–Trinajstić information content (AvgIpc) is 2.88. The Kier molecular flexibility index (Phi) is 2.23. The van der Waals surface area contributed by atoms with E-state index in [1.807, 2.05) is 12.3 Å². The predicted octanol–water partition coefficient (Wildman–Crippen LogP) is 3.56. The second-order valence-electron chi connectivity index (χ2n) is 5.72. The first-order valence-corrected chi connectivity index (χ1v) is 7.40. The Morgan fingerprint density at radius 3 is 2.82 bits per heavy atom. The van der Waals surface area contributed by atoms with E-state index in [1.165, 1.54) is 27.8 Å². The summed E-state index contributed by atoms with van der Waals surface area (Å²) < 4.78 is 5.73. The molecule has 0 saturated carbocycles. The van der Waals surface area contributed by atoms with Crippen LogP contribution in [0.2, 0.25) is 0 Å². The van der Waals surface area contributed by atoms with Crippen molar-refractivity contribution in [2.75, 3.05) is 0 Å². The minimum absolute atomic E-state index is 0.307. The molecule has 5 rings (SSSR count). The second kappa shape index (κ2) is 4.13. The lowest BCUT2D eigenvalue weighted by molar-refractivity contribution is 0.288. The molecule has 0 amide bonds. The molecule has 4 nitrogen and oxygen atoms in total. The summed E-state index contributed by atoms with van der Waals surface area (Å²) in [6, 6.07) is 8.46. The Hall–Kier alpha value is -2.75. The first-order valence-electron chi connectivity index (χ1n) is 7.40. The van der Waals surface area contributed by atoms with Gasteiger partial charge in [0.15, 0.2) is 0 Å². The topological polar surface area (TPSA) is 47.9 Å². The molecule has 3 heterocycles. The van der Waals surface area contributed by atoms with Gasteiger partial charge in [0.25, 0.3) is 0 Å². The van der Waals surface area contributed by atoms with Crippen LogP contribution in [0.5, 0.6) is 5.88 Å². The number of hydrogen-bond donors (Lipinski definition) is 0. The van der Waals surface area contributed by atoms with Crippen LogP contribution in [0.15, 0.2) is 42.9 Å². The minimum Gasteiger partial charge on any atom is -0.471 e. The molecule has 0 spiro atoms. The van der Waals surface area contributed by atoms with E-state index in [-0.39, 0.29) is 0 Å². The molecule has 0 bridgehead atoms. The molecule has 1 aromatic carbocycles. The van der Waals surface area contributed by atoms with Crippen molar-refractivity contribution in [2.24, 2.45) is 0 Å². The minimum atomic E-state index is 0.307. The van der Waals surface area contributed by atoms with E-state index in [1.54, 1.807) is 12.4 Å². The summed E-state index contributed by atoms with van der Waals surface area (Å²) in [6.45, 7) is 2.78. The lowest BCUT2D eigenvalue weighted by Crippen LogP contribution is -2.10. The van der Waals surface area contributed by atoms with Crippen LogP contribution in [-0.2, 0) is 6.61 Å². The Morgan fingerprint density at radius 1 is 1.00 bits per heavy atom. The van der Waals surface area contributed by atoms with Crippen LogP contribution in [0.1, 0.15) is 29.5 Å². The lowest BCUT2D eigenvalue weighted by Gasteiger charge is -2.22. The van der Waals surface area contributed by atoms with E-state index in [2.05, 4.69) is 40.1 Å². The van der Waals surface area contributed by atoms with Gasteiger partial charge in [0.1, 0.15) is 12.3 Å². The number of rotatable bonds is 0. The van der Waals surface area contributed by atoms with Gasteiger partial charge in [-0.1, -0.05) is 25.1 Å². The molecule has 1 atom stereocenters. The molecule has 2 aliphatic rings. The fourth-order valence-corrected chi connectivity index (χ4v) is 3.62. The number of benzene rings is 1. The Balaban J connectivity index is 1.87. The SMILES string of the molecule is CC1c2cccnc2-c2ccc3c(c21)-c1nccnc1OC3. The van der Waals surface area contributed by atoms with E-state index in [9.17, 15) is 0 Å². The third kappa shape index (κ3) is 1.39. The number of nitrogens with zero attached hydrogens (tertiary/aromatic N) is 3. The molecule has 0 saturated heterocycles. The molecular weight excluding hydrogens is 274 g/mol. The van der Waals surface area contributed by atoms with Crippen molar-refractivity contribution in [3.63, 3.8) is 0 Å². The van der Waals surface area contributed by atoms with E-state index < -0.39 is 0 Å². The zero-order chi connectivity index (χ0) is 14.7. The maximum atomic E-state index is 5.73. The highest BCUT2D eigenvalue weighted by atomic mass is 16.5. The fraction of sp³-hybridized carbons (Fsp3) is 0.167. The van der Waals surface area contributed by atoms with E-state index in [0.717, 1.165) is 11.4 Å². The largest absolute Gasteiger partial charge is 0.471 e. The van der Waals surface area contributed by atoms with Crippen molar-refractivity contribution >= 4 is 0 Å². The third-order valence-electron chi connectivity index (χ3n) is 4.59. The summed E-state index contributed by atoms with van der Waals surface area (Å²) in [7, 11) is 0. The smallest absolute Gasteiger partial charge is 0.240 e.